The molecule has 130 valence electrons. The highest BCUT2D eigenvalue weighted by atomic mass is 35.5. The number of carbonyl (C=O) groups excluding carboxylic acids is 1. The molecule has 0 fully saturated rings. The lowest BCUT2D eigenvalue weighted by molar-refractivity contribution is -0.139. The minimum atomic E-state index is -0.955. The fourth-order valence-corrected chi connectivity index (χ4v) is 2.61. The fraction of sp³-hybridized carbons (Fsp3) is 0.467. The van der Waals surface area contributed by atoms with Crippen LogP contribution in [-0.4, -0.2) is 29.6 Å². The fourth-order valence-electron chi connectivity index (χ4n) is 2.04. The molecule has 1 aromatic carbocycles. The largest absolute Gasteiger partial charge is 0.480 e. The second-order valence-electron chi connectivity index (χ2n) is 5.02. The maximum absolute atomic E-state index is 11.9. The first kappa shape index (κ1) is 22.0. The van der Waals surface area contributed by atoms with E-state index in [2.05, 4.69) is 10.6 Å². The highest BCUT2D eigenvalue weighted by Crippen LogP contribution is 2.25. The highest BCUT2D eigenvalue weighted by Gasteiger charge is 2.18. The zero-order valence-corrected chi connectivity index (χ0v) is 15.3. The van der Waals surface area contributed by atoms with Gasteiger partial charge >= 0.3 is 5.97 Å². The lowest BCUT2D eigenvalue weighted by Gasteiger charge is -2.18. The summed E-state index contributed by atoms with van der Waals surface area (Å²) in [5.41, 5.74) is 0.753. The molecule has 1 aromatic rings. The van der Waals surface area contributed by atoms with Crippen molar-refractivity contribution in [3.63, 3.8) is 0 Å². The van der Waals surface area contributed by atoms with Crippen LogP contribution < -0.4 is 10.6 Å². The van der Waals surface area contributed by atoms with Gasteiger partial charge in [0.1, 0.15) is 6.04 Å². The molecule has 0 aliphatic rings. The number of carbonyl (C=O) groups is 2. The Bertz CT molecular complexity index is 541. The number of amides is 1. The number of carboxylic acid groups (broad SMARTS) is 1. The molecule has 1 amide bonds. The van der Waals surface area contributed by atoms with Gasteiger partial charge in [0.25, 0.3) is 0 Å². The van der Waals surface area contributed by atoms with Gasteiger partial charge in [-0.2, -0.15) is 0 Å². The summed E-state index contributed by atoms with van der Waals surface area (Å²) in [6.07, 6.45) is 1.20. The molecule has 1 rings (SSSR count). The molecule has 0 aromatic heterocycles. The van der Waals surface area contributed by atoms with E-state index in [1.165, 1.54) is 0 Å². The molecule has 0 heterocycles. The number of rotatable bonds is 8. The molecular formula is C15H21Cl3N2O3. The molecule has 0 radical (unpaired) electrons. The van der Waals surface area contributed by atoms with Crippen LogP contribution in [0.25, 0.3) is 0 Å². The summed E-state index contributed by atoms with van der Waals surface area (Å²) >= 11 is 11.9. The number of hydrogen-bond donors (Lipinski definition) is 3. The first-order chi connectivity index (χ1) is 10.3. The SMILES string of the molecule is CCCC(NCC(=O)NC(C)c1ccc(Cl)cc1Cl)C(=O)O.Cl. The summed E-state index contributed by atoms with van der Waals surface area (Å²) < 4.78 is 0. The Hall–Kier alpha value is -1.01. The number of aliphatic carboxylic acids is 1. The van der Waals surface area contributed by atoms with Crippen LogP contribution in [0.5, 0.6) is 0 Å². The Kier molecular flexibility index (Phi) is 10.2. The van der Waals surface area contributed by atoms with Crippen molar-refractivity contribution < 1.29 is 14.7 Å². The van der Waals surface area contributed by atoms with Gasteiger partial charge in [-0.15, -0.1) is 12.4 Å². The predicted octanol–water partition coefficient (Wildman–Crippen LogP) is 3.44. The Morgan fingerprint density at radius 3 is 2.48 bits per heavy atom. The van der Waals surface area contributed by atoms with Gasteiger partial charge in [-0.1, -0.05) is 42.6 Å². The van der Waals surface area contributed by atoms with E-state index < -0.39 is 12.0 Å². The van der Waals surface area contributed by atoms with Gasteiger partial charge < -0.3 is 10.4 Å². The minimum absolute atomic E-state index is 0. The summed E-state index contributed by atoms with van der Waals surface area (Å²) in [5.74, 6) is -1.25. The zero-order chi connectivity index (χ0) is 16.7. The van der Waals surface area contributed by atoms with Crippen molar-refractivity contribution in [3.05, 3.63) is 33.8 Å². The topological polar surface area (TPSA) is 78.4 Å². The van der Waals surface area contributed by atoms with Gasteiger partial charge in [0.15, 0.2) is 0 Å². The maximum atomic E-state index is 11.9. The molecule has 0 aliphatic heterocycles. The molecule has 0 spiro atoms. The first-order valence-electron chi connectivity index (χ1n) is 7.05. The molecule has 3 N–H and O–H groups in total. The number of benzene rings is 1. The Labute approximate surface area is 152 Å². The van der Waals surface area contributed by atoms with Crippen molar-refractivity contribution in [3.8, 4) is 0 Å². The maximum Gasteiger partial charge on any atom is 0.320 e. The Morgan fingerprint density at radius 1 is 1.30 bits per heavy atom. The lowest BCUT2D eigenvalue weighted by Crippen LogP contribution is -2.43. The van der Waals surface area contributed by atoms with Crippen LogP contribution >= 0.6 is 35.6 Å². The first-order valence-corrected chi connectivity index (χ1v) is 7.81. The molecule has 8 heteroatoms. The third-order valence-corrected chi connectivity index (χ3v) is 3.75. The second kappa shape index (κ2) is 10.7. The standard InChI is InChI=1S/C15H20Cl2N2O3.ClH/c1-3-4-13(15(21)22)18-8-14(20)19-9(2)11-6-5-10(16)7-12(11)17;/h5-7,9,13,18H,3-4,8H2,1-2H3,(H,19,20)(H,21,22);1H. The van der Waals surface area contributed by atoms with Crippen LogP contribution in [0.2, 0.25) is 10.0 Å². The molecule has 2 atom stereocenters. The van der Waals surface area contributed by atoms with E-state index in [9.17, 15) is 9.59 Å². The molecule has 0 saturated heterocycles. The van der Waals surface area contributed by atoms with Crippen molar-refractivity contribution in [1.82, 2.24) is 10.6 Å². The average Bonchev–Trinajstić information content (AvgIpc) is 2.42. The summed E-state index contributed by atoms with van der Waals surface area (Å²) in [6.45, 7) is 3.63. The Balaban J connectivity index is 0.00000484. The number of hydrogen-bond acceptors (Lipinski definition) is 3. The van der Waals surface area contributed by atoms with Crippen LogP contribution in [0.4, 0.5) is 0 Å². The van der Waals surface area contributed by atoms with Crippen molar-refractivity contribution in [2.45, 2.75) is 38.8 Å². The smallest absolute Gasteiger partial charge is 0.320 e. The van der Waals surface area contributed by atoms with Gasteiger partial charge in [0.05, 0.1) is 12.6 Å². The minimum Gasteiger partial charge on any atom is -0.480 e. The monoisotopic (exact) mass is 382 g/mol. The predicted molar refractivity (Wildman–Crippen MR) is 94.6 cm³/mol. The van der Waals surface area contributed by atoms with Gasteiger partial charge in [0.2, 0.25) is 5.91 Å². The summed E-state index contributed by atoms with van der Waals surface area (Å²) in [7, 11) is 0. The molecule has 23 heavy (non-hydrogen) atoms. The number of nitrogens with one attached hydrogen (secondary N) is 2. The number of halogens is 3. The lowest BCUT2D eigenvalue weighted by atomic mass is 10.1. The Morgan fingerprint density at radius 2 is 1.96 bits per heavy atom. The van der Waals surface area contributed by atoms with E-state index in [0.717, 1.165) is 12.0 Å². The third-order valence-electron chi connectivity index (χ3n) is 3.19. The van der Waals surface area contributed by atoms with Crippen LogP contribution in [0.15, 0.2) is 18.2 Å². The van der Waals surface area contributed by atoms with Crippen molar-refractivity contribution in [2.75, 3.05) is 6.54 Å². The van der Waals surface area contributed by atoms with E-state index in [1.807, 2.05) is 6.92 Å². The second-order valence-corrected chi connectivity index (χ2v) is 5.86. The molecule has 0 bridgehead atoms. The van der Waals surface area contributed by atoms with E-state index in [4.69, 9.17) is 28.3 Å². The van der Waals surface area contributed by atoms with Crippen LogP contribution in [-0.2, 0) is 9.59 Å². The summed E-state index contributed by atoms with van der Waals surface area (Å²) in [6, 6.07) is 4.05. The van der Waals surface area contributed by atoms with Gasteiger partial charge in [-0.05, 0) is 31.0 Å². The van der Waals surface area contributed by atoms with E-state index in [-0.39, 0.29) is 30.9 Å². The normalized spacial score (nSPS) is 12.9. The van der Waals surface area contributed by atoms with Crippen molar-refractivity contribution in [2.24, 2.45) is 0 Å². The molecular weight excluding hydrogens is 363 g/mol. The number of carboxylic acids is 1. The van der Waals surface area contributed by atoms with Crippen molar-refractivity contribution in [1.29, 1.82) is 0 Å². The quantitative estimate of drug-likeness (QED) is 0.642. The van der Waals surface area contributed by atoms with Gasteiger partial charge in [-0.3, -0.25) is 14.9 Å². The highest BCUT2D eigenvalue weighted by molar-refractivity contribution is 6.35. The van der Waals surface area contributed by atoms with E-state index in [1.54, 1.807) is 25.1 Å². The molecule has 0 aliphatic carbocycles. The molecule has 5 nitrogen and oxygen atoms in total. The molecule has 2 unspecified atom stereocenters. The molecule has 0 saturated carbocycles. The summed E-state index contributed by atoms with van der Waals surface area (Å²) in [4.78, 5) is 22.9. The zero-order valence-electron chi connectivity index (χ0n) is 12.9. The van der Waals surface area contributed by atoms with Crippen molar-refractivity contribution >= 4 is 47.5 Å². The van der Waals surface area contributed by atoms with E-state index >= 15 is 0 Å². The van der Waals surface area contributed by atoms with E-state index in [0.29, 0.717) is 16.5 Å². The van der Waals surface area contributed by atoms with Crippen LogP contribution in [0.1, 0.15) is 38.3 Å². The summed E-state index contributed by atoms with van der Waals surface area (Å²) in [5, 5.41) is 15.5. The van der Waals surface area contributed by atoms with Gasteiger partial charge in [-0.25, -0.2) is 0 Å². The third kappa shape index (κ3) is 7.40. The average molecular weight is 384 g/mol. The van der Waals surface area contributed by atoms with Crippen LogP contribution in [0.3, 0.4) is 0 Å². The van der Waals surface area contributed by atoms with Crippen LogP contribution in [0, 0.1) is 0 Å². The van der Waals surface area contributed by atoms with Gasteiger partial charge in [0, 0.05) is 10.0 Å².